The van der Waals surface area contributed by atoms with Crippen LogP contribution in [-0.4, -0.2) is 36.7 Å². The van der Waals surface area contributed by atoms with E-state index in [-0.39, 0.29) is 11.1 Å². The van der Waals surface area contributed by atoms with Crippen LogP contribution < -0.4 is 10.0 Å². The van der Waals surface area contributed by atoms with Crippen molar-refractivity contribution in [1.29, 1.82) is 0 Å². The number of hydrogen-bond donors (Lipinski definition) is 2. The zero-order valence-corrected chi connectivity index (χ0v) is 12.3. The van der Waals surface area contributed by atoms with Gasteiger partial charge in [-0.2, -0.15) is 0 Å². The molecular weight excluding hydrogens is 258 g/mol. The van der Waals surface area contributed by atoms with E-state index in [9.17, 15) is 14.7 Å². The van der Waals surface area contributed by atoms with Crippen molar-refractivity contribution in [3.63, 3.8) is 0 Å². The first kappa shape index (κ1) is 18.1. The van der Waals surface area contributed by atoms with Gasteiger partial charge >= 0.3 is 5.97 Å². The van der Waals surface area contributed by atoms with E-state index in [2.05, 4.69) is 20.8 Å². The average Bonchev–Trinajstić information content (AvgIpc) is 2.45. The number of carbonyl (C=O) groups excluding carboxylic acids is 1. The number of aromatic carboxylic acids is 2. The van der Waals surface area contributed by atoms with Crippen LogP contribution in [0.2, 0.25) is 0 Å². The summed E-state index contributed by atoms with van der Waals surface area (Å²) in [5, 5.41) is 18.9. The number of hydrogen-bond acceptors (Lipinski definition) is 3. The van der Waals surface area contributed by atoms with Crippen LogP contribution in [0.5, 0.6) is 0 Å². The van der Waals surface area contributed by atoms with Crippen LogP contribution >= 0.6 is 0 Å². The molecule has 0 aliphatic rings. The number of quaternary nitrogens is 1. The highest BCUT2D eigenvalue weighted by molar-refractivity contribution is 6.00. The first-order chi connectivity index (χ1) is 9.47. The van der Waals surface area contributed by atoms with Crippen LogP contribution in [-0.2, 0) is 0 Å². The lowest BCUT2D eigenvalue weighted by atomic mass is 10.1. The van der Waals surface area contributed by atoms with E-state index in [1.807, 2.05) is 0 Å². The van der Waals surface area contributed by atoms with Crippen LogP contribution in [0.1, 0.15) is 47.9 Å². The van der Waals surface area contributed by atoms with Gasteiger partial charge in [0.05, 0.1) is 31.2 Å². The maximum atomic E-state index is 10.4. The van der Waals surface area contributed by atoms with Crippen molar-refractivity contribution in [2.45, 2.75) is 27.2 Å². The fraction of sp³-hybridized carbons (Fsp3) is 0.467. The Morgan fingerprint density at radius 3 is 1.85 bits per heavy atom. The molecule has 0 saturated heterocycles. The van der Waals surface area contributed by atoms with E-state index in [0.717, 1.165) is 0 Å². The number of benzene rings is 1. The van der Waals surface area contributed by atoms with Gasteiger partial charge in [0, 0.05) is 5.56 Å². The van der Waals surface area contributed by atoms with Crippen molar-refractivity contribution < 1.29 is 24.7 Å². The average molecular weight is 281 g/mol. The molecular formula is C15H23NO4. The summed E-state index contributed by atoms with van der Waals surface area (Å²) >= 11 is 0. The second-order valence-electron chi connectivity index (χ2n) is 4.35. The van der Waals surface area contributed by atoms with Gasteiger partial charge in [0.1, 0.15) is 0 Å². The standard InChI is InChI=1S/C8H6O4.C7H17N/c9-7(10)5-3-1-2-4-6(5)8(11)12;1-4-7-8(5-2)6-3/h1-4H,(H,9,10)(H,11,12);4-7H2,1-3H3. The summed E-state index contributed by atoms with van der Waals surface area (Å²) in [5.41, 5.74) is -0.553. The molecule has 0 aliphatic carbocycles. The minimum absolute atomic E-state index is 0.252. The Labute approximate surface area is 119 Å². The molecule has 5 heteroatoms. The second kappa shape index (κ2) is 9.97. The van der Waals surface area contributed by atoms with Crippen molar-refractivity contribution >= 4 is 11.9 Å². The summed E-state index contributed by atoms with van der Waals surface area (Å²) < 4.78 is 0. The zero-order valence-electron chi connectivity index (χ0n) is 12.3. The van der Waals surface area contributed by atoms with Gasteiger partial charge in [-0.05, 0) is 26.3 Å². The molecule has 2 N–H and O–H groups in total. The maximum absolute atomic E-state index is 10.4. The highest BCUT2D eigenvalue weighted by Gasteiger charge is 2.08. The van der Waals surface area contributed by atoms with E-state index in [0.29, 0.717) is 0 Å². The van der Waals surface area contributed by atoms with Gasteiger partial charge in [-0.25, -0.2) is 4.79 Å². The number of nitrogens with one attached hydrogen (secondary N) is 1. The van der Waals surface area contributed by atoms with Gasteiger partial charge in [-0.1, -0.05) is 25.1 Å². The lowest BCUT2D eigenvalue weighted by molar-refractivity contribution is -0.896. The minimum Gasteiger partial charge on any atom is -0.545 e. The van der Waals surface area contributed by atoms with Crippen LogP contribution in [0.15, 0.2) is 24.3 Å². The molecule has 112 valence electrons. The molecule has 0 amide bonds. The van der Waals surface area contributed by atoms with Crippen molar-refractivity contribution in [2.24, 2.45) is 0 Å². The molecule has 0 fully saturated rings. The first-order valence-electron chi connectivity index (χ1n) is 6.85. The highest BCUT2D eigenvalue weighted by Crippen LogP contribution is 2.06. The molecule has 0 unspecified atom stereocenters. The summed E-state index contributed by atoms with van der Waals surface area (Å²) in [4.78, 5) is 22.5. The fourth-order valence-corrected chi connectivity index (χ4v) is 1.80. The lowest BCUT2D eigenvalue weighted by Gasteiger charge is -2.12. The molecule has 0 aliphatic heterocycles. The van der Waals surface area contributed by atoms with Gasteiger partial charge in [-0.15, -0.1) is 0 Å². The second-order valence-corrected chi connectivity index (χ2v) is 4.35. The molecule has 0 saturated carbocycles. The fourth-order valence-electron chi connectivity index (χ4n) is 1.80. The summed E-state index contributed by atoms with van der Waals surface area (Å²) in [6.07, 6.45) is 1.32. The van der Waals surface area contributed by atoms with E-state index in [1.54, 1.807) is 4.90 Å². The van der Waals surface area contributed by atoms with Crippen molar-refractivity contribution in [2.75, 3.05) is 19.6 Å². The summed E-state index contributed by atoms with van der Waals surface area (Å²) in [5.74, 6) is -2.75. The van der Waals surface area contributed by atoms with E-state index < -0.39 is 11.9 Å². The number of rotatable bonds is 6. The normalized spacial score (nSPS) is 9.80. The molecule has 0 bridgehead atoms. The minimum atomic E-state index is -1.48. The van der Waals surface area contributed by atoms with Gasteiger partial charge in [0.2, 0.25) is 0 Å². The topological polar surface area (TPSA) is 81.9 Å². The third-order valence-corrected chi connectivity index (χ3v) is 2.98. The number of carboxylic acid groups (broad SMARTS) is 2. The number of carboxylic acids is 2. The molecule has 0 atom stereocenters. The maximum Gasteiger partial charge on any atom is 0.336 e. The summed E-state index contributed by atoms with van der Waals surface area (Å²) in [7, 11) is 0. The van der Waals surface area contributed by atoms with Crippen LogP contribution in [0.3, 0.4) is 0 Å². The summed E-state index contributed by atoms with van der Waals surface area (Å²) in [6.45, 7) is 10.6. The van der Waals surface area contributed by atoms with Gasteiger partial charge < -0.3 is 19.9 Å². The molecule has 1 rings (SSSR count). The van der Waals surface area contributed by atoms with Gasteiger partial charge in [-0.3, -0.25) is 0 Å². The number of carbonyl (C=O) groups is 2. The van der Waals surface area contributed by atoms with Crippen LogP contribution in [0.25, 0.3) is 0 Å². The molecule has 0 radical (unpaired) electrons. The van der Waals surface area contributed by atoms with Crippen molar-refractivity contribution in [1.82, 2.24) is 0 Å². The molecule has 0 heterocycles. The third kappa shape index (κ3) is 6.33. The van der Waals surface area contributed by atoms with E-state index in [1.165, 1.54) is 50.3 Å². The molecule has 5 nitrogen and oxygen atoms in total. The Morgan fingerprint density at radius 1 is 1.10 bits per heavy atom. The Kier molecular flexibility index (Phi) is 9.04. The molecule has 1 aromatic carbocycles. The smallest absolute Gasteiger partial charge is 0.336 e. The first-order valence-corrected chi connectivity index (χ1v) is 6.85. The van der Waals surface area contributed by atoms with Crippen molar-refractivity contribution in [3.05, 3.63) is 35.4 Å². The largest absolute Gasteiger partial charge is 0.545 e. The van der Waals surface area contributed by atoms with Crippen LogP contribution in [0.4, 0.5) is 0 Å². The summed E-state index contributed by atoms with van der Waals surface area (Å²) in [6, 6.07) is 5.31. The molecule has 0 spiro atoms. The highest BCUT2D eigenvalue weighted by atomic mass is 16.4. The van der Waals surface area contributed by atoms with Gasteiger partial charge in [0.15, 0.2) is 0 Å². The van der Waals surface area contributed by atoms with E-state index in [4.69, 9.17) is 5.11 Å². The Hall–Kier alpha value is -1.88. The SMILES string of the molecule is CCC[NH+](CC)CC.O=C([O-])c1ccccc1C(=O)O. The Bertz CT molecular complexity index is 395. The van der Waals surface area contributed by atoms with Crippen LogP contribution in [0, 0.1) is 0 Å². The van der Waals surface area contributed by atoms with Crippen molar-refractivity contribution in [3.8, 4) is 0 Å². The quantitative estimate of drug-likeness (QED) is 0.773. The lowest BCUT2D eigenvalue weighted by Crippen LogP contribution is -3.11. The predicted molar refractivity (Wildman–Crippen MR) is 74.9 cm³/mol. The van der Waals surface area contributed by atoms with Gasteiger partial charge in [0.25, 0.3) is 0 Å². The monoisotopic (exact) mass is 281 g/mol. The van der Waals surface area contributed by atoms with E-state index >= 15 is 0 Å². The molecule has 1 aromatic rings. The molecule has 0 aromatic heterocycles. The predicted octanol–water partition coefficient (Wildman–Crippen LogP) is 0.0694. The Morgan fingerprint density at radius 2 is 1.60 bits per heavy atom. The zero-order chi connectivity index (χ0) is 15.5. The third-order valence-electron chi connectivity index (χ3n) is 2.98. The molecule has 20 heavy (non-hydrogen) atoms. The Balaban J connectivity index is 0.000000396.